The summed E-state index contributed by atoms with van der Waals surface area (Å²) < 4.78 is 10.7. The Kier molecular flexibility index (Phi) is 35.0. The Hall–Kier alpha value is -8.71. The quantitative estimate of drug-likeness (QED) is 0.0292. The molecule has 4 amide bonds. The number of para-hydroxylation sites is 2. The highest BCUT2D eigenvalue weighted by molar-refractivity contribution is 9.11. The van der Waals surface area contributed by atoms with Crippen LogP contribution in [-0.4, -0.2) is 127 Å². The maximum absolute atomic E-state index is 12.8. The van der Waals surface area contributed by atoms with E-state index in [1.807, 2.05) is 97.9 Å². The van der Waals surface area contributed by atoms with E-state index in [-0.39, 0.29) is 90.2 Å². The minimum absolute atomic E-state index is 0.0350. The summed E-state index contributed by atoms with van der Waals surface area (Å²) in [5.74, 6) is -3.03. The number of hydrogen-bond acceptors (Lipinski definition) is 18. The number of fused-ring (bicyclic) bond motifs is 2. The maximum Gasteiger partial charge on any atom is 0.408 e. The zero-order chi connectivity index (χ0) is 74.6. The first-order valence-electron chi connectivity index (χ1n) is 31.1. The predicted molar refractivity (Wildman–Crippen MR) is 392 cm³/mol. The van der Waals surface area contributed by atoms with Gasteiger partial charge in [0.1, 0.15) is 42.9 Å². The van der Waals surface area contributed by atoms with Crippen LogP contribution < -0.4 is 33.6 Å². The summed E-state index contributed by atoms with van der Waals surface area (Å²) in [6.45, 7) is 21.8. The summed E-state index contributed by atoms with van der Waals surface area (Å²) in [4.78, 5) is 122. The number of amides is 4. The summed E-state index contributed by atoms with van der Waals surface area (Å²) in [6.07, 6.45) is -0.00238. The summed E-state index contributed by atoms with van der Waals surface area (Å²) in [7, 11) is 0. The number of anilines is 1. The topological polar surface area (TPSA) is 419 Å². The number of rotatable bonds is 22. The number of benzene rings is 2. The van der Waals surface area contributed by atoms with Crippen LogP contribution in [0.15, 0.2) is 140 Å². The molecule has 8 rings (SSSR count). The zero-order valence-corrected chi connectivity index (χ0v) is 63.4. The second-order valence-corrected chi connectivity index (χ2v) is 27.9. The van der Waals surface area contributed by atoms with Gasteiger partial charge in [-0.25, -0.2) is 24.7 Å². The van der Waals surface area contributed by atoms with Gasteiger partial charge >= 0.3 is 18.0 Å². The number of nitrogens with zero attached hydrogens (tertiary/aromatic N) is 8. The molecule has 0 spiro atoms. The third kappa shape index (κ3) is 30.1. The van der Waals surface area contributed by atoms with Gasteiger partial charge in [0, 0.05) is 27.9 Å². The third-order valence-corrected chi connectivity index (χ3v) is 15.7. The molecule has 6 heterocycles. The number of aliphatic carboxylic acids is 2. The normalized spacial score (nSPS) is 12.1. The highest BCUT2D eigenvalue weighted by Crippen LogP contribution is 2.21. The molecule has 0 aliphatic heterocycles. The number of ether oxygens (including phenoxy) is 1. The van der Waals surface area contributed by atoms with E-state index < -0.39 is 53.6 Å². The Morgan fingerprint density at radius 1 is 0.495 bits per heavy atom. The molecule has 6 aromatic heterocycles. The molecule has 99 heavy (non-hydrogen) atoms. The lowest BCUT2D eigenvalue weighted by Gasteiger charge is -2.25. The van der Waals surface area contributed by atoms with E-state index in [0.29, 0.717) is 54.6 Å². The van der Waals surface area contributed by atoms with E-state index in [9.17, 15) is 43.2 Å². The zero-order valence-electron chi connectivity index (χ0n) is 57.1. The number of alkyl carbamates (subject to hydrolysis) is 1. The van der Waals surface area contributed by atoms with Gasteiger partial charge in [0.05, 0.1) is 54.3 Å². The second-order valence-electron chi connectivity index (χ2n) is 24.6. The summed E-state index contributed by atoms with van der Waals surface area (Å²) in [5.41, 5.74) is 24.5. The first-order chi connectivity index (χ1) is 46.3. The minimum atomic E-state index is -1.02. The maximum atomic E-state index is 12.8. The van der Waals surface area contributed by atoms with Crippen LogP contribution in [0.5, 0.6) is 0 Å². The van der Waals surface area contributed by atoms with Crippen molar-refractivity contribution in [2.75, 3.05) is 5.73 Å². The van der Waals surface area contributed by atoms with Crippen molar-refractivity contribution in [3.8, 4) is 0 Å². The monoisotopic (exact) mass is 1620 g/mol. The Balaban J connectivity index is 0.000000328. The smallest absolute Gasteiger partial charge is 0.408 e. The molecule has 0 saturated carbocycles. The molecule has 0 radical (unpaired) electrons. The summed E-state index contributed by atoms with van der Waals surface area (Å²) >= 11 is 13.0. The number of hydrogen-bond donors (Lipinski definition) is 8. The number of aromatic nitrogens is 8. The lowest BCUT2D eigenvalue weighted by Crippen LogP contribution is -2.47. The van der Waals surface area contributed by atoms with Crippen molar-refractivity contribution in [1.29, 1.82) is 0 Å². The van der Waals surface area contributed by atoms with E-state index >= 15 is 0 Å². The van der Waals surface area contributed by atoms with Gasteiger partial charge in [0.2, 0.25) is 5.91 Å². The molecule has 12 N–H and O–H groups in total. The van der Waals surface area contributed by atoms with Crippen LogP contribution in [0.4, 0.5) is 10.6 Å². The van der Waals surface area contributed by atoms with E-state index in [0.717, 1.165) is 14.9 Å². The molecule has 0 fully saturated rings. The van der Waals surface area contributed by atoms with E-state index in [2.05, 4.69) is 104 Å². The Morgan fingerprint density at radius 2 is 0.869 bits per heavy atom. The molecule has 0 aliphatic carbocycles. The molecule has 532 valence electrons. The second kappa shape index (κ2) is 41.0. The SMILES string of the molecule is CC(C)[C@@H](C)C(=O)O.CC(C)[C@@H](N)C(=O)Cc1cccc(Br)n1.CC(C)[C@@H](NC(=O)Cn1nc(C(N)=O)c2ccccc21)C(=O)Cc1cccc(Br)n1.CC(C)[C@@H](NC(=O)OC(C)(C)C)C(=O)Cc1cccc(Br)n1.NC(=O)c1nn(CC(=O)O)c2ccccc12.Nc1cccc(Br)n1. The first kappa shape index (κ1) is 84.5. The van der Waals surface area contributed by atoms with Gasteiger partial charge in [-0.15, -0.1) is 0 Å². The third-order valence-electron chi connectivity index (χ3n) is 14.0. The molecular weight excluding hydrogens is 1540 g/mol. The van der Waals surface area contributed by atoms with Gasteiger partial charge in [-0.1, -0.05) is 123 Å². The molecule has 30 heteroatoms. The number of ketones is 3. The minimum Gasteiger partial charge on any atom is -0.481 e. The fourth-order valence-electron chi connectivity index (χ4n) is 8.62. The Labute approximate surface area is 608 Å². The lowest BCUT2D eigenvalue weighted by molar-refractivity contribution is -0.142. The molecule has 0 bridgehead atoms. The average Bonchev–Trinajstić information content (AvgIpc) is 1.66. The number of Topliss-reactive ketones (excluding diaryl/α,β-unsaturated/α-hetero) is 3. The van der Waals surface area contributed by atoms with Crippen molar-refractivity contribution in [3.05, 3.63) is 168 Å². The summed E-state index contributed by atoms with van der Waals surface area (Å²) in [5, 5.41) is 31.7. The van der Waals surface area contributed by atoms with Crippen molar-refractivity contribution in [2.45, 2.75) is 139 Å². The molecule has 0 unspecified atom stereocenters. The number of nitrogens with one attached hydrogen (secondary N) is 2. The molecular formula is C69H86Br4N14O12. The number of halogens is 4. The fraction of sp³-hybridized carbons (Fsp3) is 0.377. The number of carbonyl (C=O) groups excluding carboxylic acids is 7. The lowest BCUT2D eigenvalue weighted by atomic mass is 9.96. The van der Waals surface area contributed by atoms with Crippen LogP contribution in [-0.2, 0) is 65.9 Å². The van der Waals surface area contributed by atoms with Crippen LogP contribution in [0, 0.1) is 29.6 Å². The number of carboxylic acids is 2. The molecule has 8 aromatic rings. The summed E-state index contributed by atoms with van der Waals surface area (Å²) in [6, 6.07) is 33.9. The molecule has 26 nitrogen and oxygen atoms in total. The van der Waals surface area contributed by atoms with Gasteiger partial charge in [-0.05, 0) is 169 Å². The van der Waals surface area contributed by atoms with Crippen molar-refractivity contribution in [3.63, 3.8) is 0 Å². The van der Waals surface area contributed by atoms with Crippen LogP contribution in [0.2, 0.25) is 0 Å². The van der Waals surface area contributed by atoms with E-state index in [1.54, 1.807) is 107 Å². The van der Waals surface area contributed by atoms with Gasteiger partial charge in [-0.2, -0.15) is 10.2 Å². The number of primary amides is 2. The Morgan fingerprint density at radius 3 is 1.18 bits per heavy atom. The van der Waals surface area contributed by atoms with Crippen molar-refractivity contribution in [2.24, 2.45) is 46.8 Å². The van der Waals surface area contributed by atoms with Crippen molar-refractivity contribution in [1.82, 2.24) is 50.1 Å². The highest BCUT2D eigenvalue weighted by Gasteiger charge is 2.29. The average molecular weight is 1620 g/mol. The fourth-order valence-corrected chi connectivity index (χ4v) is 10.1. The standard InChI is InChI=1S/C21H22BrN5O3.C16H23BrN2O3.C11H15BrN2O.C10H9N3O3.C6H12O2.C5H5BrN2/c1-12(2)19(16(28)10-13-6-5-9-17(22)24-13)25-18(29)11-27-15-8-4-3-7-14(15)20(26-27)21(23)30;1-10(2)14(19-15(21)22-16(3,4)5)12(20)9-11-7-6-8-13(17)18-11;1-7(2)11(13)9(15)6-8-4-3-5-10(12)14-8;11-10(16)9-6-3-1-2-4-7(6)13(12-9)5-8(14)15;1-4(2)5(3)6(7)8;6-4-2-1-3-5(7)8-4/h3-9,12,19H,10-11H2,1-2H3,(H2,23,30)(H,25,29);6-8,10,14H,9H2,1-5H3,(H,19,21);3-5,7,11H,6,13H2,1-2H3;1-4H,5H2,(H2,11,16)(H,14,15);4-5H,1-3H3,(H,7,8);1-3H,(H2,7,8)/t19-;14-;11-;;5-;/m111.1./s1. The predicted octanol–water partition coefficient (Wildman–Crippen LogP) is 10.7. The number of carboxylic acid groups (broad SMARTS) is 2. The molecule has 2 aromatic carbocycles. The Bertz CT molecular complexity index is 4050. The number of nitrogen functional groups attached to an aromatic ring is 1. The van der Waals surface area contributed by atoms with Crippen LogP contribution in [0.1, 0.15) is 121 Å². The van der Waals surface area contributed by atoms with Crippen LogP contribution in [0.25, 0.3) is 21.8 Å². The first-order valence-corrected chi connectivity index (χ1v) is 34.3. The van der Waals surface area contributed by atoms with Crippen molar-refractivity contribution >= 4 is 144 Å². The van der Waals surface area contributed by atoms with Gasteiger partial charge < -0.3 is 48.5 Å². The van der Waals surface area contributed by atoms with E-state index in [4.69, 9.17) is 37.9 Å². The van der Waals surface area contributed by atoms with Crippen molar-refractivity contribution < 1.29 is 58.1 Å². The largest absolute Gasteiger partial charge is 0.481 e. The molecule has 0 saturated heterocycles. The van der Waals surface area contributed by atoms with E-state index in [1.165, 1.54) is 9.36 Å². The van der Waals surface area contributed by atoms with Gasteiger partial charge in [0.25, 0.3) is 11.8 Å². The number of carbonyl (C=O) groups is 9. The van der Waals surface area contributed by atoms with Crippen LogP contribution >= 0.6 is 63.7 Å². The number of nitrogens with two attached hydrogens (primary N) is 4. The van der Waals surface area contributed by atoms with Crippen LogP contribution in [0.3, 0.4) is 0 Å². The molecule has 0 aliphatic rings. The van der Waals surface area contributed by atoms with Gasteiger partial charge in [0.15, 0.2) is 28.7 Å². The molecule has 4 atom stereocenters. The highest BCUT2D eigenvalue weighted by atomic mass is 79.9. The van der Waals surface area contributed by atoms with Gasteiger partial charge in [-0.3, -0.25) is 47.7 Å². The number of pyridine rings is 4.